The van der Waals surface area contributed by atoms with Crippen molar-refractivity contribution in [3.8, 4) is 0 Å². The van der Waals surface area contributed by atoms with E-state index >= 15 is 0 Å². The van der Waals surface area contributed by atoms with E-state index in [4.69, 9.17) is 5.11 Å². The average molecular weight is 280 g/mol. The minimum Gasteiger partial charge on any atom is -0.395 e. The number of aliphatic hydroxyl groups excluding tert-OH is 1. The molecule has 1 heterocycles. The molecule has 7 heteroatoms. The van der Waals surface area contributed by atoms with Crippen LogP contribution in [0.2, 0.25) is 0 Å². The van der Waals surface area contributed by atoms with E-state index in [2.05, 4.69) is 5.32 Å². The van der Waals surface area contributed by atoms with E-state index in [1.165, 1.54) is 0 Å². The van der Waals surface area contributed by atoms with Crippen LogP contribution in [-0.4, -0.2) is 28.7 Å². The third-order valence-corrected chi connectivity index (χ3v) is 3.49. The number of aromatic nitrogens is 1. The van der Waals surface area contributed by atoms with Crippen LogP contribution in [0.1, 0.15) is 0 Å². The highest BCUT2D eigenvalue weighted by Gasteiger charge is 2.10. The molecule has 0 saturated heterocycles. The first-order valence-electron chi connectivity index (χ1n) is 5.63. The van der Waals surface area contributed by atoms with Gasteiger partial charge >= 0.3 is 4.87 Å². The maximum Gasteiger partial charge on any atom is 0.311 e. The largest absolute Gasteiger partial charge is 0.395 e. The van der Waals surface area contributed by atoms with Crippen molar-refractivity contribution in [1.82, 2.24) is 9.88 Å². The van der Waals surface area contributed by atoms with Crippen molar-refractivity contribution in [2.45, 2.75) is 6.54 Å². The molecular weight excluding hydrogens is 268 g/mol. The molecule has 0 atom stereocenters. The lowest BCUT2D eigenvalue weighted by molar-refractivity contribution is -0.121. The number of benzene rings is 1. The Bertz CT molecular complexity index is 719. The Morgan fingerprint density at radius 3 is 2.79 bits per heavy atom. The Labute approximate surface area is 111 Å². The molecule has 1 aromatic carbocycles. The SMILES string of the molecule is O=C(Cn1c(=O)sc2ccccc2c1=O)NCCO. The van der Waals surface area contributed by atoms with E-state index in [1.54, 1.807) is 24.3 Å². The molecule has 2 rings (SSSR count). The molecule has 100 valence electrons. The van der Waals surface area contributed by atoms with Crippen LogP contribution in [0.5, 0.6) is 0 Å². The third kappa shape index (κ3) is 2.88. The van der Waals surface area contributed by atoms with Crippen molar-refractivity contribution in [1.29, 1.82) is 0 Å². The summed E-state index contributed by atoms with van der Waals surface area (Å²) in [6, 6.07) is 6.77. The van der Waals surface area contributed by atoms with Gasteiger partial charge in [-0.25, -0.2) is 0 Å². The van der Waals surface area contributed by atoms with Crippen molar-refractivity contribution in [2.24, 2.45) is 0 Å². The molecule has 0 fully saturated rings. The zero-order valence-electron chi connectivity index (χ0n) is 9.96. The third-order valence-electron chi connectivity index (χ3n) is 2.52. The summed E-state index contributed by atoms with van der Waals surface area (Å²) in [5.41, 5.74) is -0.474. The summed E-state index contributed by atoms with van der Waals surface area (Å²) in [4.78, 5) is 34.9. The first-order chi connectivity index (χ1) is 9.13. The molecule has 2 N–H and O–H groups in total. The predicted octanol–water partition coefficient (Wildman–Crippen LogP) is -0.468. The minimum absolute atomic E-state index is 0.0960. The van der Waals surface area contributed by atoms with Gasteiger partial charge in [0.15, 0.2) is 0 Å². The van der Waals surface area contributed by atoms with Crippen molar-refractivity contribution >= 4 is 27.3 Å². The van der Waals surface area contributed by atoms with E-state index in [1.807, 2.05) is 0 Å². The van der Waals surface area contributed by atoms with Gasteiger partial charge in [0.25, 0.3) is 5.56 Å². The highest BCUT2D eigenvalue weighted by molar-refractivity contribution is 7.16. The topological polar surface area (TPSA) is 88.4 Å². The van der Waals surface area contributed by atoms with E-state index in [0.717, 1.165) is 15.9 Å². The molecule has 0 saturated carbocycles. The van der Waals surface area contributed by atoms with Gasteiger partial charge in [-0.15, -0.1) is 0 Å². The molecule has 0 bridgehead atoms. The highest BCUT2D eigenvalue weighted by Crippen LogP contribution is 2.10. The summed E-state index contributed by atoms with van der Waals surface area (Å²) in [5.74, 6) is -0.476. The first-order valence-corrected chi connectivity index (χ1v) is 6.45. The van der Waals surface area contributed by atoms with Gasteiger partial charge in [0.2, 0.25) is 5.91 Å². The minimum atomic E-state index is -0.476. The van der Waals surface area contributed by atoms with Crippen molar-refractivity contribution < 1.29 is 9.90 Å². The zero-order chi connectivity index (χ0) is 13.8. The van der Waals surface area contributed by atoms with Gasteiger partial charge < -0.3 is 10.4 Å². The number of carbonyl (C=O) groups is 1. The fraction of sp³-hybridized carbons (Fsp3) is 0.250. The Kier molecular flexibility index (Phi) is 4.08. The van der Waals surface area contributed by atoms with Crippen molar-refractivity contribution in [3.05, 3.63) is 44.3 Å². The quantitative estimate of drug-likeness (QED) is 0.792. The van der Waals surface area contributed by atoms with Crippen LogP contribution in [0, 0.1) is 0 Å². The molecule has 0 aliphatic heterocycles. The number of nitrogens with zero attached hydrogens (tertiary/aromatic N) is 1. The molecule has 6 nitrogen and oxygen atoms in total. The van der Waals surface area contributed by atoms with E-state index in [0.29, 0.717) is 10.1 Å². The number of aliphatic hydroxyl groups is 1. The van der Waals surface area contributed by atoms with Crippen LogP contribution in [-0.2, 0) is 11.3 Å². The molecule has 0 unspecified atom stereocenters. The average Bonchev–Trinajstić information content (AvgIpc) is 2.41. The van der Waals surface area contributed by atoms with Crippen LogP contribution >= 0.6 is 11.3 Å². The van der Waals surface area contributed by atoms with Crippen LogP contribution in [0.25, 0.3) is 10.1 Å². The zero-order valence-corrected chi connectivity index (χ0v) is 10.8. The van der Waals surface area contributed by atoms with Gasteiger partial charge in [-0.1, -0.05) is 23.5 Å². The second-order valence-electron chi connectivity index (χ2n) is 3.83. The number of carbonyl (C=O) groups excluding carboxylic acids is 1. The molecule has 19 heavy (non-hydrogen) atoms. The number of hydrogen-bond acceptors (Lipinski definition) is 5. The predicted molar refractivity (Wildman–Crippen MR) is 72.5 cm³/mol. The van der Waals surface area contributed by atoms with Gasteiger partial charge in [0.05, 0.1) is 12.0 Å². The van der Waals surface area contributed by atoms with E-state index in [-0.39, 0.29) is 19.7 Å². The van der Waals surface area contributed by atoms with Gasteiger partial charge in [-0.2, -0.15) is 0 Å². The molecule has 0 radical (unpaired) electrons. The molecular formula is C12H12N2O4S. The summed E-state index contributed by atoms with van der Waals surface area (Å²) >= 11 is 0.926. The molecule has 0 aliphatic rings. The van der Waals surface area contributed by atoms with Gasteiger partial charge in [-0.05, 0) is 12.1 Å². The Hall–Kier alpha value is -1.99. The normalized spacial score (nSPS) is 10.6. The van der Waals surface area contributed by atoms with Crippen LogP contribution in [0.15, 0.2) is 33.9 Å². The van der Waals surface area contributed by atoms with E-state index < -0.39 is 16.3 Å². The second-order valence-corrected chi connectivity index (χ2v) is 4.82. The van der Waals surface area contributed by atoms with Crippen molar-refractivity contribution in [2.75, 3.05) is 13.2 Å². The fourth-order valence-corrected chi connectivity index (χ4v) is 2.50. The number of fused-ring (bicyclic) bond motifs is 1. The highest BCUT2D eigenvalue weighted by atomic mass is 32.1. The summed E-state index contributed by atoms with van der Waals surface area (Å²) in [6.45, 7) is -0.428. The Morgan fingerprint density at radius 1 is 1.32 bits per heavy atom. The Morgan fingerprint density at radius 2 is 2.05 bits per heavy atom. The summed E-state index contributed by atoms with van der Waals surface area (Å²) in [6.07, 6.45) is 0. The van der Waals surface area contributed by atoms with Crippen LogP contribution in [0.4, 0.5) is 0 Å². The second kappa shape index (κ2) is 5.77. The van der Waals surface area contributed by atoms with Gasteiger partial charge in [-0.3, -0.25) is 19.0 Å². The van der Waals surface area contributed by atoms with Crippen LogP contribution < -0.4 is 15.7 Å². The maximum atomic E-state index is 12.1. The number of nitrogens with one attached hydrogen (secondary N) is 1. The molecule has 2 aromatic rings. The summed E-state index contributed by atoms with van der Waals surface area (Å²) in [7, 11) is 0. The number of hydrogen-bond donors (Lipinski definition) is 2. The molecule has 0 aliphatic carbocycles. The first kappa shape index (κ1) is 13.4. The summed E-state index contributed by atoms with van der Waals surface area (Å²) < 4.78 is 1.50. The van der Waals surface area contributed by atoms with Gasteiger partial charge in [0.1, 0.15) is 6.54 Å². The smallest absolute Gasteiger partial charge is 0.311 e. The number of amides is 1. The van der Waals surface area contributed by atoms with Gasteiger partial charge in [0, 0.05) is 11.2 Å². The van der Waals surface area contributed by atoms with E-state index in [9.17, 15) is 14.4 Å². The monoisotopic (exact) mass is 280 g/mol. The lowest BCUT2D eigenvalue weighted by Crippen LogP contribution is -2.38. The van der Waals surface area contributed by atoms with Crippen molar-refractivity contribution in [3.63, 3.8) is 0 Å². The lowest BCUT2D eigenvalue weighted by Gasteiger charge is -2.06. The summed E-state index contributed by atoms with van der Waals surface area (Å²) in [5, 5.41) is 11.4. The lowest BCUT2D eigenvalue weighted by atomic mass is 10.3. The molecule has 1 amide bonds. The maximum absolute atomic E-state index is 12.1. The standard InChI is InChI=1S/C12H12N2O4S/c15-6-5-13-10(16)7-14-11(17)8-3-1-2-4-9(8)19-12(14)18/h1-4,15H,5-7H2,(H,13,16). The van der Waals surface area contributed by atoms with Crippen LogP contribution in [0.3, 0.4) is 0 Å². The number of rotatable bonds is 4. The molecule has 1 aromatic heterocycles. The molecule has 0 spiro atoms. The fourth-order valence-electron chi connectivity index (χ4n) is 1.64. The Balaban J connectivity index is 2.41.